The predicted molar refractivity (Wildman–Crippen MR) is 51.2 cm³/mol. The van der Waals surface area contributed by atoms with E-state index in [1.165, 1.54) is 11.3 Å². The van der Waals surface area contributed by atoms with Gasteiger partial charge in [-0.25, -0.2) is 4.98 Å². The Morgan fingerprint density at radius 1 is 1.79 bits per heavy atom. The minimum Gasteiger partial charge on any atom is -0.550 e. The number of aliphatic carboxylic acids is 1. The van der Waals surface area contributed by atoms with Gasteiger partial charge in [0.25, 0.3) is 0 Å². The molecule has 1 heterocycles. The number of hydrogen-bond acceptors (Lipinski definition) is 6. The van der Waals surface area contributed by atoms with Crippen LogP contribution in [0, 0.1) is 0 Å². The van der Waals surface area contributed by atoms with Crippen molar-refractivity contribution in [3.05, 3.63) is 11.1 Å². The van der Waals surface area contributed by atoms with E-state index in [9.17, 15) is 9.90 Å². The van der Waals surface area contributed by atoms with Crippen LogP contribution >= 0.6 is 11.3 Å². The minimum atomic E-state index is -1.11. The molecule has 0 unspecified atom stereocenters. The summed E-state index contributed by atoms with van der Waals surface area (Å²) >= 11 is 1.37. The summed E-state index contributed by atoms with van der Waals surface area (Å²) in [4.78, 5) is 14.3. The largest absolute Gasteiger partial charge is 0.550 e. The van der Waals surface area contributed by atoms with Gasteiger partial charge in [0.2, 0.25) is 0 Å². The Kier molecular flexibility index (Phi) is 4.34. The molecule has 0 aromatic carbocycles. The molecule has 0 aliphatic rings. The maximum absolute atomic E-state index is 10.3. The van der Waals surface area contributed by atoms with E-state index in [0.717, 1.165) is 0 Å². The lowest BCUT2D eigenvalue weighted by atomic mass is 10.3. The van der Waals surface area contributed by atoms with E-state index in [0.29, 0.717) is 24.0 Å². The molecule has 0 atom stereocenters. The second-order valence-electron chi connectivity index (χ2n) is 2.61. The lowest BCUT2D eigenvalue weighted by molar-refractivity contribution is -0.304. The van der Waals surface area contributed by atoms with Crippen molar-refractivity contribution < 1.29 is 14.6 Å². The van der Waals surface area contributed by atoms with Crippen molar-refractivity contribution in [3.63, 3.8) is 0 Å². The first-order chi connectivity index (χ1) is 6.72. The average molecular weight is 215 g/mol. The normalized spacial score (nSPS) is 10.1. The number of aromatic nitrogens is 1. The van der Waals surface area contributed by atoms with E-state index in [1.54, 1.807) is 12.5 Å². The van der Waals surface area contributed by atoms with Gasteiger partial charge in [-0.2, -0.15) is 0 Å². The van der Waals surface area contributed by atoms with E-state index < -0.39 is 5.97 Å². The molecule has 1 rings (SSSR count). The van der Waals surface area contributed by atoms with Crippen LogP contribution in [0.5, 0.6) is 0 Å². The molecule has 1 aromatic rings. The van der Waals surface area contributed by atoms with Crippen LogP contribution in [0.25, 0.3) is 0 Å². The highest BCUT2D eigenvalue weighted by atomic mass is 32.1. The molecule has 0 aliphatic carbocycles. The van der Waals surface area contributed by atoms with Crippen LogP contribution < -0.4 is 10.4 Å². The molecular weight excluding hydrogens is 204 g/mol. The summed E-state index contributed by atoms with van der Waals surface area (Å²) in [6.45, 7) is 1.25. The molecule has 1 N–H and O–H groups in total. The second kappa shape index (κ2) is 5.56. The Morgan fingerprint density at radius 2 is 2.57 bits per heavy atom. The third-order valence-electron chi connectivity index (χ3n) is 1.46. The molecule has 1 aromatic heterocycles. The van der Waals surface area contributed by atoms with Crippen molar-refractivity contribution in [1.82, 2.24) is 4.98 Å². The van der Waals surface area contributed by atoms with Gasteiger partial charge in [-0.05, 0) is 0 Å². The van der Waals surface area contributed by atoms with Crippen LogP contribution in [0.15, 0.2) is 5.38 Å². The van der Waals surface area contributed by atoms with Crippen molar-refractivity contribution in [3.8, 4) is 0 Å². The molecule has 0 amide bonds. The standard InChI is InChI=1S/C8H12N2O3S/c1-13-3-2-9-8-10-6(5-14-8)4-7(11)12/h5H,2-4H2,1H3,(H,9,10)(H,11,12)/p-1. The zero-order valence-corrected chi connectivity index (χ0v) is 8.60. The van der Waals surface area contributed by atoms with E-state index >= 15 is 0 Å². The van der Waals surface area contributed by atoms with Crippen molar-refractivity contribution in [2.24, 2.45) is 0 Å². The van der Waals surface area contributed by atoms with E-state index in [2.05, 4.69) is 10.3 Å². The molecular formula is C8H11N2O3S-. The predicted octanol–water partition coefficient (Wildman–Crippen LogP) is -0.506. The number of carbonyl (C=O) groups excluding carboxylic acids is 1. The number of ether oxygens (including phenoxy) is 1. The van der Waals surface area contributed by atoms with Gasteiger partial charge in [0.15, 0.2) is 5.13 Å². The number of hydrogen-bond donors (Lipinski definition) is 1. The van der Waals surface area contributed by atoms with Gasteiger partial charge in [-0.15, -0.1) is 11.3 Å². The maximum atomic E-state index is 10.3. The molecule has 0 saturated carbocycles. The summed E-state index contributed by atoms with van der Waals surface area (Å²) in [5.74, 6) is -1.11. The Labute approximate surface area is 85.7 Å². The topological polar surface area (TPSA) is 74.3 Å². The van der Waals surface area contributed by atoms with Crippen LogP contribution in [0.2, 0.25) is 0 Å². The molecule has 0 aliphatic heterocycles. The van der Waals surface area contributed by atoms with Crippen LogP contribution in [0.1, 0.15) is 5.69 Å². The number of carboxylic acid groups (broad SMARTS) is 1. The van der Waals surface area contributed by atoms with Gasteiger partial charge in [-0.1, -0.05) is 0 Å². The number of carbonyl (C=O) groups is 1. The number of carboxylic acids is 1. The number of methoxy groups -OCH3 is 1. The first-order valence-corrected chi connectivity index (χ1v) is 4.97. The maximum Gasteiger partial charge on any atom is 0.182 e. The highest BCUT2D eigenvalue weighted by Gasteiger charge is 2.00. The fraction of sp³-hybridized carbons (Fsp3) is 0.500. The molecule has 14 heavy (non-hydrogen) atoms. The quantitative estimate of drug-likeness (QED) is 0.647. The van der Waals surface area contributed by atoms with Crippen LogP contribution in [0.3, 0.4) is 0 Å². The number of thiazole rings is 1. The molecule has 0 fully saturated rings. The number of nitrogens with one attached hydrogen (secondary N) is 1. The van der Waals surface area contributed by atoms with Crippen LogP contribution in [-0.2, 0) is 16.0 Å². The zero-order valence-electron chi connectivity index (χ0n) is 7.78. The van der Waals surface area contributed by atoms with Gasteiger partial charge in [0, 0.05) is 31.4 Å². The monoisotopic (exact) mass is 215 g/mol. The highest BCUT2D eigenvalue weighted by molar-refractivity contribution is 7.13. The summed E-state index contributed by atoms with van der Waals surface area (Å²) in [6, 6.07) is 0. The molecule has 0 saturated heterocycles. The van der Waals surface area contributed by atoms with Crippen LogP contribution in [0.4, 0.5) is 5.13 Å². The van der Waals surface area contributed by atoms with Crippen molar-refractivity contribution in [1.29, 1.82) is 0 Å². The van der Waals surface area contributed by atoms with Gasteiger partial charge >= 0.3 is 0 Å². The summed E-state index contributed by atoms with van der Waals surface area (Å²) in [6.07, 6.45) is -0.136. The molecule has 0 bridgehead atoms. The van der Waals surface area contributed by atoms with Crippen molar-refractivity contribution in [2.75, 3.05) is 25.6 Å². The Bertz CT molecular complexity index is 301. The van der Waals surface area contributed by atoms with E-state index in [1.807, 2.05) is 0 Å². The van der Waals surface area contributed by atoms with Crippen molar-refractivity contribution >= 4 is 22.4 Å². The molecule has 6 heteroatoms. The summed E-state index contributed by atoms with van der Waals surface area (Å²) < 4.78 is 4.85. The number of rotatable bonds is 6. The first-order valence-electron chi connectivity index (χ1n) is 4.09. The first kappa shape index (κ1) is 10.9. The van der Waals surface area contributed by atoms with Crippen molar-refractivity contribution in [2.45, 2.75) is 6.42 Å². The summed E-state index contributed by atoms with van der Waals surface area (Å²) in [7, 11) is 1.62. The lowest BCUT2D eigenvalue weighted by Gasteiger charge is -2.00. The Balaban J connectivity index is 2.38. The number of anilines is 1. The van der Waals surface area contributed by atoms with Gasteiger partial charge < -0.3 is 20.0 Å². The third-order valence-corrected chi connectivity index (χ3v) is 2.31. The smallest absolute Gasteiger partial charge is 0.182 e. The molecule has 0 radical (unpaired) electrons. The van der Waals surface area contributed by atoms with Gasteiger partial charge in [-0.3, -0.25) is 0 Å². The highest BCUT2D eigenvalue weighted by Crippen LogP contribution is 2.14. The van der Waals surface area contributed by atoms with Crippen LogP contribution in [-0.4, -0.2) is 31.2 Å². The summed E-state index contributed by atoms with van der Waals surface area (Å²) in [5, 5.41) is 15.7. The molecule has 5 nitrogen and oxygen atoms in total. The zero-order chi connectivity index (χ0) is 10.4. The summed E-state index contributed by atoms with van der Waals surface area (Å²) in [5.41, 5.74) is 0.523. The second-order valence-corrected chi connectivity index (χ2v) is 3.47. The molecule has 0 spiro atoms. The van der Waals surface area contributed by atoms with E-state index in [-0.39, 0.29) is 6.42 Å². The van der Waals surface area contributed by atoms with Gasteiger partial charge in [0.05, 0.1) is 12.3 Å². The minimum absolute atomic E-state index is 0.136. The average Bonchev–Trinajstić information content (AvgIpc) is 2.52. The lowest BCUT2D eigenvalue weighted by Crippen LogP contribution is -2.24. The third kappa shape index (κ3) is 3.71. The van der Waals surface area contributed by atoms with E-state index in [4.69, 9.17) is 4.74 Å². The van der Waals surface area contributed by atoms with Gasteiger partial charge in [0.1, 0.15) is 0 Å². The fourth-order valence-corrected chi connectivity index (χ4v) is 1.62. The Morgan fingerprint density at radius 3 is 3.21 bits per heavy atom. The SMILES string of the molecule is COCCNc1nc(CC(=O)[O-])cs1. The molecule has 78 valence electrons. The fourth-order valence-electron chi connectivity index (χ4n) is 0.877. The Hall–Kier alpha value is -1.14. The number of nitrogens with zero attached hydrogens (tertiary/aromatic N) is 1.